The summed E-state index contributed by atoms with van der Waals surface area (Å²) in [6.45, 7) is 0. The summed E-state index contributed by atoms with van der Waals surface area (Å²) in [6, 6.07) is 3.21. The molecule has 70 valence electrons. The number of phenolic OH excluding ortho intramolecular Hbond substituents is 2. The van der Waals surface area contributed by atoms with Gasteiger partial charge in [-0.15, -0.1) is 0 Å². The molecule has 6 heteroatoms. The number of carbonyl (C=O) groups is 1. The van der Waals surface area contributed by atoms with Crippen molar-refractivity contribution < 1.29 is 54.8 Å². The zero-order valence-corrected chi connectivity index (χ0v) is 9.47. The predicted molar refractivity (Wildman–Crippen MR) is 39.7 cm³/mol. The molecule has 1 aromatic rings. The van der Waals surface area contributed by atoms with Gasteiger partial charge in [0.25, 0.3) is 0 Å². The van der Waals surface area contributed by atoms with E-state index in [1.54, 1.807) is 0 Å². The van der Waals surface area contributed by atoms with Crippen LogP contribution in [-0.4, -0.2) is 21.3 Å². The molecule has 0 aliphatic rings. The van der Waals surface area contributed by atoms with Gasteiger partial charge >= 0.3 is 29.6 Å². The van der Waals surface area contributed by atoms with Crippen LogP contribution in [0.2, 0.25) is 0 Å². The van der Waals surface area contributed by atoms with Crippen LogP contribution in [0.1, 0.15) is 11.7 Å². The summed E-state index contributed by atoms with van der Waals surface area (Å²) >= 11 is 0. The van der Waals surface area contributed by atoms with Crippen LogP contribution in [0.25, 0.3) is 0 Å². The Labute approximate surface area is 102 Å². The number of phenols is 2. The van der Waals surface area contributed by atoms with E-state index in [-0.39, 0.29) is 40.9 Å². The fraction of sp³-hybridized carbons (Fsp3) is 0.125. The molecule has 0 saturated carbocycles. The first kappa shape index (κ1) is 13.2. The van der Waals surface area contributed by atoms with Gasteiger partial charge in [-0.3, -0.25) is 0 Å². The van der Waals surface area contributed by atoms with Gasteiger partial charge in [-0.1, -0.05) is 6.07 Å². The van der Waals surface area contributed by atoms with Gasteiger partial charge in [-0.25, -0.2) is 0 Å². The molecule has 1 rings (SSSR count). The number of carboxylic acid groups (broad SMARTS) is 1. The fourth-order valence-corrected chi connectivity index (χ4v) is 0.847. The molecule has 1 aromatic carbocycles. The van der Waals surface area contributed by atoms with Crippen LogP contribution in [-0.2, 0) is 4.79 Å². The molecule has 0 aromatic heterocycles. The molecule has 0 bridgehead atoms. The Kier molecular flexibility index (Phi) is 4.93. The van der Waals surface area contributed by atoms with Crippen LogP contribution in [0.5, 0.6) is 11.5 Å². The molecule has 3 N–H and O–H groups in total. The summed E-state index contributed by atoms with van der Waals surface area (Å²) in [5.74, 6) is -2.53. The first-order valence-corrected chi connectivity index (χ1v) is 3.43. The number of hydrogen-bond donors (Lipinski definition) is 3. The molecule has 1 atom stereocenters. The van der Waals surface area contributed by atoms with Crippen molar-refractivity contribution in [3.63, 3.8) is 0 Å². The van der Waals surface area contributed by atoms with E-state index in [0.717, 1.165) is 12.1 Å². The van der Waals surface area contributed by atoms with E-state index in [9.17, 15) is 9.90 Å². The molecular weight excluding hydrogens is 199 g/mol. The SMILES string of the molecule is O=C([O-])C(O)c1ccc(O)c(O)c1.[Na+]. The van der Waals surface area contributed by atoms with Crippen molar-refractivity contribution in [2.75, 3.05) is 0 Å². The van der Waals surface area contributed by atoms with E-state index in [1.165, 1.54) is 6.07 Å². The molecule has 0 amide bonds. The molecule has 14 heavy (non-hydrogen) atoms. The number of carboxylic acids is 1. The van der Waals surface area contributed by atoms with Gasteiger partial charge in [0.05, 0.1) is 5.97 Å². The average Bonchev–Trinajstić information content (AvgIpc) is 2.08. The second-order valence-electron chi connectivity index (χ2n) is 2.47. The van der Waals surface area contributed by atoms with E-state index in [1.807, 2.05) is 0 Å². The third-order valence-electron chi connectivity index (χ3n) is 1.54. The minimum atomic E-state index is -1.80. The second kappa shape index (κ2) is 5.21. The van der Waals surface area contributed by atoms with E-state index < -0.39 is 17.8 Å². The quantitative estimate of drug-likeness (QED) is 0.337. The average molecular weight is 206 g/mol. The fourth-order valence-electron chi connectivity index (χ4n) is 0.847. The molecule has 0 spiro atoms. The summed E-state index contributed by atoms with van der Waals surface area (Å²) in [6.07, 6.45) is -1.80. The van der Waals surface area contributed by atoms with Gasteiger partial charge in [-0.05, 0) is 17.7 Å². The van der Waals surface area contributed by atoms with Gasteiger partial charge < -0.3 is 25.2 Å². The smallest absolute Gasteiger partial charge is 0.547 e. The Balaban J connectivity index is 0.00000169. The molecule has 0 aliphatic heterocycles. The summed E-state index contributed by atoms with van der Waals surface area (Å²) in [5.41, 5.74) is -0.0460. The number of aromatic hydroxyl groups is 2. The molecule has 0 heterocycles. The van der Waals surface area contributed by atoms with Gasteiger partial charge in [0.1, 0.15) is 6.10 Å². The van der Waals surface area contributed by atoms with Crippen molar-refractivity contribution in [3.8, 4) is 11.5 Å². The number of aliphatic carboxylic acids is 1. The van der Waals surface area contributed by atoms with Crippen molar-refractivity contribution >= 4 is 5.97 Å². The molecule has 0 radical (unpaired) electrons. The van der Waals surface area contributed by atoms with E-state index in [0.29, 0.717) is 0 Å². The number of hydrogen-bond acceptors (Lipinski definition) is 5. The molecular formula is C8H7NaO5. The van der Waals surface area contributed by atoms with Crippen LogP contribution in [0, 0.1) is 0 Å². The third kappa shape index (κ3) is 2.88. The summed E-state index contributed by atoms with van der Waals surface area (Å²) < 4.78 is 0. The third-order valence-corrected chi connectivity index (χ3v) is 1.54. The number of benzene rings is 1. The van der Waals surface area contributed by atoms with Crippen molar-refractivity contribution in [1.82, 2.24) is 0 Å². The number of carbonyl (C=O) groups excluding carboxylic acids is 1. The zero-order valence-electron chi connectivity index (χ0n) is 7.47. The molecule has 1 unspecified atom stereocenters. The summed E-state index contributed by atoms with van der Waals surface area (Å²) in [5, 5.41) is 37.0. The maximum Gasteiger partial charge on any atom is 1.00 e. The molecule has 0 aliphatic carbocycles. The standard InChI is InChI=1S/C8H8O5.Na/c9-5-2-1-4(3-6(5)10)7(11)8(12)13;/h1-3,7,9-11H,(H,12,13);/q;+1/p-1. The number of aliphatic hydroxyl groups excluding tert-OH is 1. The number of rotatable bonds is 2. The monoisotopic (exact) mass is 206 g/mol. The summed E-state index contributed by atoms with van der Waals surface area (Å²) in [7, 11) is 0. The van der Waals surface area contributed by atoms with E-state index in [4.69, 9.17) is 15.3 Å². The van der Waals surface area contributed by atoms with Crippen molar-refractivity contribution in [3.05, 3.63) is 23.8 Å². The van der Waals surface area contributed by atoms with Gasteiger partial charge in [-0.2, -0.15) is 0 Å². The van der Waals surface area contributed by atoms with Crippen LogP contribution in [0.3, 0.4) is 0 Å². The van der Waals surface area contributed by atoms with Crippen LogP contribution >= 0.6 is 0 Å². The van der Waals surface area contributed by atoms with E-state index >= 15 is 0 Å². The van der Waals surface area contributed by atoms with Crippen molar-refractivity contribution in [2.45, 2.75) is 6.10 Å². The van der Waals surface area contributed by atoms with Gasteiger partial charge in [0.15, 0.2) is 11.5 Å². The van der Waals surface area contributed by atoms with Gasteiger partial charge in [0.2, 0.25) is 0 Å². The van der Waals surface area contributed by atoms with Crippen LogP contribution < -0.4 is 34.7 Å². The maximum atomic E-state index is 10.2. The Morgan fingerprint density at radius 1 is 1.29 bits per heavy atom. The predicted octanol–water partition coefficient (Wildman–Crippen LogP) is -4.11. The Morgan fingerprint density at radius 3 is 2.29 bits per heavy atom. The topological polar surface area (TPSA) is 101 Å². The first-order chi connectivity index (χ1) is 6.02. The van der Waals surface area contributed by atoms with Crippen LogP contribution in [0.15, 0.2) is 18.2 Å². The normalized spacial score (nSPS) is 11.5. The second-order valence-corrected chi connectivity index (χ2v) is 2.47. The minimum Gasteiger partial charge on any atom is -0.547 e. The Bertz CT molecular complexity index is 339. The molecule has 0 saturated heterocycles. The first-order valence-electron chi connectivity index (χ1n) is 3.43. The Morgan fingerprint density at radius 2 is 1.86 bits per heavy atom. The molecule has 5 nitrogen and oxygen atoms in total. The van der Waals surface area contributed by atoms with Crippen molar-refractivity contribution in [1.29, 1.82) is 0 Å². The zero-order chi connectivity index (χ0) is 10.0. The minimum absolute atomic E-state index is 0. The Hall–Kier alpha value is -0.750. The number of aliphatic hydroxyl groups is 1. The van der Waals surface area contributed by atoms with E-state index in [2.05, 4.69) is 0 Å². The van der Waals surface area contributed by atoms with Gasteiger partial charge in [0, 0.05) is 0 Å². The molecule has 0 fully saturated rings. The summed E-state index contributed by atoms with van der Waals surface area (Å²) in [4.78, 5) is 10.2. The van der Waals surface area contributed by atoms with Crippen LogP contribution in [0.4, 0.5) is 0 Å². The van der Waals surface area contributed by atoms with Crippen molar-refractivity contribution in [2.24, 2.45) is 0 Å². The largest absolute Gasteiger partial charge is 1.00 e. The maximum absolute atomic E-state index is 10.2.